The van der Waals surface area contributed by atoms with E-state index in [9.17, 15) is 4.79 Å². The molecule has 1 N–H and O–H groups in total. The molecule has 0 atom stereocenters. The van der Waals surface area contributed by atoms with E-state index < -0.39 is 5.60 Å². The van der Waals surface area contributed by atoms with Crippen LogP contribution in [0.2, 0.25) is 0 Å². The molecule has 0 radical (unpaired) electrons. The normalized spacial score (nSPS) is 18.6. The van der Waals surface area contributed by atoms with Gasteiger partial charge in [-0.1, -0.05) is 0 Å². The Bertz CT molecular complexity index is 230. The number of amides is 1. The van der Waals surface area contributed by atoms with E-state index in [1.165, 1.54) is 0 Å². The lowest BCUT2D eigenvalue weighted by Crippen LogP contribution is -2.51. The molecule has 0 aromatic rings. The highest BCUT2D eigenvalue weighted by molar-refractivity contribution is 5.68. The second-order valence-electron chi connectivity index (χ2n) is 5.10. The summed E-state index contributed by atoms with van der Waals surface area (Å²) in [6.45, 7) is 9.85. The molecular formula is C11H23N3O2. The Morgan fingerprint density at radius 2 is 1.81 bits per heavy atom. The lowest BCUT2D eigenvalue weighted by molar-refractivity contribution is 0.0141. The molecule has 94 valence electrons. The third-order valence-electron chi connectivity index (χ3n) is 2.41. The molecule has 1 rings (SSSR count). The van der Waals surface area contributed by atoms with Crippen LogP contribution in [0.3, 0.4) is 0 Å². The lowest BCUT2D eigenvalue weighted by atomic mass is 10.2. The van der Waals surface area contributed by atoms with Crippen molar-refractivity contribution < 1.29 is 9.53 Å². The molecule has 1 fully saturated rings. The molecule has 0 spiro atoms. The third-order valence-corrected chi connectivity index (χ3v) is 2.41. The number of piperazine rings is 1. The number of hydrogen-bond donors (Lipinski definition) is 1. The van der Waals surface area contributed by atoms with E-state index in [4.69, 9.17) is 4.74 Å². The van der Waals surface area contributed by atoms with E-state index in [-0.39, 0.29) is 6.09 Å². The Labute approximate surface area is 97.7 Å². The maximum Gasteiger partial charge on any atom is 0.410 e. The van der Waals surface area contributed by atoms with Crippen molar-refractivity contribution in [3.63, 3.8) is 0 Å². The van der Waals surface area contributed by atoms with Crippen LogP contribution in [0.25, 0.3) is 0 Å². The fourth-order valence-corrected chi connectivity index (χ4v) is 1.64. The molecule has 1 amide bonds. The number of hydrogen-bond acceptors (Lipinski definition) is 4. The number of carbonyl (C=O) groups excluding carboxylic acids is 1. The summed E-state index contributed by atoms with van der Waals surface area (Å²) in [5, 5.41) is 3.11. The van der Waals surface area contributed by atoms with Gasteiger partial charge in [-0.15, -0.1) is 0 Å². The summed E-state index contributed by atoms with van der Waals surface area (Å²) >= 11 is 0. The molecule has 5 nitrogen and oxygen atoms in total. The zero-order chi connectivity index (χ0) is 12.2. The van der Waals surface area contributed by atoms with E-state index in [2.05, 4.69) is 10.2 Å². The van der Waals surface area contributed by atoms with E-state index >= 15 is 0 Å². The number of rotatable bonds is 2. The van der Waals surface area contributed by atoms with E-state index in [0.29, 0.717) is 0 Å². The summed E-state index contributed by atoms with van der Waals surface area (Å²) < 4.78 is 5.33. The second-order valence-corrected chi connectivity index (χ2v) is 5.10. The fraction of sp³-hybridized carbons (Fsp3) is 0.909. The van der Waals surface area contributed by atoms with Gasteiger partial charge in [-0.25, -0.2) is 4.79 Å². The molecule has 1 saturated heterocycles. The standard InChI is InChI=1S/C11H23N3O2/c1-11(2,3)16-10(15)14-7-5-13(6-8-14)9-12-4/h12H,5-9H2,1-4H3. The first-order valence-electron chi connectivity index (χ1n) is 5.77. The topological polar surface area (TPSA) is 44.8 Å². The van der Waals surface area contributed by atoms with Gasteiger partial charge >= 0.3 is 6.09 Å². The first kappa shape index (κ1) is 13.3. The van der Waals surface area contributed by atoms with E-state index in [1.54, 1.807) is 4.90 Å². The highest BCUT2D eigenvalue weighted by Crippen LogP contribution is 2.11. The third kappa shape index (κ3) is 4.37. The number of carbonyl (C=O) groups is 1. The van der Waals surface area contributed by atoms with E-state index in [0.717, 1.165) is 32.8 Å². The molecule has 1 aliphatic rings. The zero-order valence-electron chi connectivity index (χ0n) is 10.7. The van der Waals surface area contributed by atoms with Crippen LogP contribution < -0.4 is 5.32 Å². The minimum Gasteiger partial charge on any atom is -0.444 e. The molecule has 0 aromatic carbocycles. The van der Waals surface area contributed by atoms with Crippen LogP contribution in [0.4, 0.5) is 4.79 Å². The van der Waals surface area contributed by atoms with Crippen LogP contribution in [0.15, 0.2) is 0 Å². The first-order chi connectivity index (χ1) is 7.42. The highest BCUT2D eigenvalue weighted by Gasteiger charge is 2.25. The van der Waals surface area contributed by atoms with E-state index in [1.807, 2.05) is 27.8 Å². The largest absolute Gasteiger partial charge is 0.444 e. The minimum atomic E-state index is -0.404. The van der Waals surface area contributed by atoms with Gasteiger partial charge in [-0.3, -0.25) is 4.90 Å². The van der Waals surface area contributed by atoms with Gasteiger partial charge in [-0.05, 0) is 27.8 Å². The number of nitrogens with zero attached hydrogens (tertiary/aromatic N) is 2. The lowest BCUT2D eigenvalue weighted by Gasteiger charge is -2.35. The van der Waals surface area contributed by atoms with Crippen molar-refractivity contribution in [1.29, 1.82) is 0 Å². The van der Waals surface area contributed by atoms with Gasteiger partial charge < -0.3 is 15.0 Å². The summed E-state index contributed by atoms with van der Waals surface area (Å²) in [6.07, 6.45) is -0.198. The summed E-state index contributed by atoms with van der Waals surface area (Å²) in [5.74, 6) is 0. The van der Waals surface area contributed by atoms with Crippen molar-refractivity contribution in [3.8, 4) is 0 Å². The molecule has 0 aromatic heterocycles. The van der Waals surface area contributed by atoms with Crippen molar-refractivity contribution in [2.24, 2.45) is 0 Å². The second kappa shape index (κ2) is 5.50. The number of ether oxygens (including phenoxy) is 1. The summed E-state index contributed by atoms with van der Waals surface area (Å²) in [4.78, 5) is 15.8. The van der Waals surface area contributed by atoms with Gasteiger partial charge in [0, 0.05) is 32.8 Å². The quantitative estimate of drug-likeness (QED) is 0.757. The number of nitrogens with one attached hydrogen (secondary N) is 1. The molecule has 1 aliphatic heterocycles. The van der Waals surface area contributed by atoms with Crippen LogP contribution >= 0.6 is 0 Å². The predicted octanol–water partition coefficient (Wildman–Crippen LogP) is 0.716. The monoisotopic (exact) mass is 229 g/mol. The molecule has 0 saturated carbocycles. The van der Waals surface area contributed by atoms with Gasteiger partial charge in [0.05, 0.1) is 0 Å². The molecule has 0 unspecified atom stereocenters. The summed E-state index contributed by atoms with van der Waals surface area (Å²) in [6, 6.07) is 0. The maximum absolute atomic E-state index is 11.7. The summed E-state index contributed by atoms with van der Waals surface area (Å²) in [7, 11) is 1.93. The molecule has 1 heterocycles. The molecule has 5 heteroatoms. The van der Waals surface area contributed by atoms with Gasteiger partial charge in [0.15, 0.2) is 0 Å². The van der Waals surface area contributed by atoms with Crippen LogP contribution in [0.1, 0.15) is 20.8 Å². The average molecular weight is 229 g/mol. The Hall–Kier alpha value is -0.810. The van der Waals surface area contributed by atoms with Gasteiger partial charge in [0.2, 0.25) is 0 Å². The molecule has 0 aliphatic carbocycles. The van der Waals surface area contributed by atoms with Crippen molar-refractivity contribution in [3.05, 3.63) is 0 Å². The van der Waals surface area contributed by atoms with Crippen LogP contribution in [-0.2, 0) is 4.74 Å². The smallest absolute Gasteiger partial charge is 0.410 e. The zero-order valence-corrected chi connectivity index (χ0v) is 10.7. The van der Waals surface area contributed by atoms with Crippen LogP contribution in [0, 0.1) is 0 Å². The average Bonchev–Trinajstić information content (AvgIpc) is 2.16. The SMILES string of the molecule is CNCN1CCN(C(=O)OC(C)(C)C)CC1. The van der Waals surface area contributed by atoms with Crippen LogP contribution in [-0.4, -0.2) is 61.4 Å². The Morgan fingerprint density at radius 1 is 1.25 bits per heavy atom. The Balaban J connectivity index is 2.33. The van der Waals surface area contributed by atoms with Crippen molar-refractivity contribution in [2.75, 3.05) is 39.9 Å². The minimum absolute atomic E-state index is 0.198. The molecular weight excluding hydrogens is 206 g/mol. The maximum atomic E-state index is 11.7. The van der Waals surface area contributed by atoms with Crippen molar-refractivity contribution >= 4 is 6.09 Å². The fourth-order valence-electron chi connectivity index (χ4n) is 1.64. The van der Waals surface area contributed by atoms with Crippen molar-refractivity contribution in [1.82, 2.24) is 15.1 Å². The summed E-state index contributed by atoms with van der Waals surface area (Å²) in [5.41, 5.74) is -0.404. The first-order valence-corrected chi connectivity index (χ1v) is 5.77. The van der Waals surface area contributed by atoms with Crippen LogP contribution in [0.5, 0.6) is 0 Å². The van der Waals surface area contributed by atoms with Crippen molar-refractivity contribution in [2.45, 2.75) is 26.4 Å². The molecule has 16 heavy (non-hydrogen) atoms. The Morgan fingerprint density at radius 3 is 2.25 bits per heavy atom. The predicted molar refractivity (Wildman–Crippen MR) is 63.3 cm³/mol. The van der Waals surface area contributed by atoms with Gasteiger partial charge in [0.1, 0.15) is 5.60 Å². The molecule has 0 bridgehead atoms. The van der Waals surface area contributed by atoms with Gasteiger partial charge in [-0.2, -0.15) is 0 Å². The Kier molecular flexibility index (Phi) is 4.56. The van der Waals surface area contributed by atoms with Gasteiger partial charge in [0.25, 0.3) is 0 Å². The highest BCUT2D eigenvalue weighted by atomic mass is 16.6.